The fourth-order valence-electron chi connectivity index (χ4n) is 2.63. The van der Waals surface area contributed by atoms with Gasteiger partial charge in [0.2, 0.25) is 0 Å². The molecule has 4 N–H and O–H groups in total. The molecule has 6 nitrogen and oxygen atoms in total. The molecule has 6 heteroatoms. The molecule has 0 radical (unpaired) electrons. The van der Waals surface area contributed by atoms with Crippen LogP contribution < -0.4 is 16.0 Å². The van der Waals surface area contributed by atoms with Crippen molar-refractivity contribution in [2.75, 3.05) is 19.6 Å². The molecule has 0 spiro atoms. The first-order chi connectivity index (χ1) is 9.65. The monoisotopic (exact) mass is 285 g/mol. The van der Waals surface area contributed by atoms with Gasteiger partial charge in [-0.05, 0) is 38.3 Å². The summed E-state index contributed by atoms with van der Waals surface area (Å²) < 4.78 is 0. The molecule has 0 aromatic heterocycles. The smallest absolute Gasteiger partial charge is 0.326 e. The van der Waals surface area contributed by atoms with Crippen molar-refractivity contribution in [2.45, 2.75) is 51.5 Å². The van der Waals surface area contributed by atoms with Gasteiger partial charge >= 0.3 is 12.0 Å². The van der Waals surface area contributed by atoms with Crippen molar-refractivity contribution in [3.05, 3.63) is 0 Å². The molecule has 0 aromatic rings. The highest BCUT2D eigenvalue weighted by Gasteiger charge is 2.30. The predicted molar refractivity (Wildman–Crippen MR) is 77.7 cm³/mol. The molecule has 0 saturated heterocycles. The molecule has 0 heterocycles. The van der Waals surface area contributed by atoms with Gasteiger partial charge in [-0.1, -0.05) is 26.2 Å². The number of carbonyl (C=O) groups is 2. The van der Waals surface area contributed by atoms with Gasteiger partial charge in [0.1, 0.15) is 6.04 Å². The van der Waals surface area contributed by atoms with Crippen molar-refractivity contribution in [3.63, 3.8) is 0 Å². The first-order valence-electron chi connectivity index (χ1n) is 7.63. The van der Waals surface area contributed by atoms with Crippen molar-refractivity contribution < 1.29 is 14.7 Å². The summed E-state index contributed by atoms with van der Waals surface area (Å²) in [4.78, 5) is 23.0. The van der Waals surface area contributed by atoms with Crippen molar-refractivity contribution >= 4 is 12.0 Å². The van der Waals surface area contributed by atoms with Crippen LogP contribution in [0, 0.1) is 5.92 Å². The summed E-state index contributed by atoms with van der Waals surface area (Å²) in [7, 11) is 0. The molecule has 1 fully saturated rings. The SMILES string of the molecule is CCNCCCNC(=O)NC(C(=O)O)C1CCCCC1. The Morgan fingerprint density at radius 3 is 2.50 bits per heavy atom. The first-order valence-corrected chi connectivity index (χ1v) is 7.63. The van der Waals surface area contributed by atoms with Gasteiger partial charge in [0.15, 0.2) is 0 Å². The Bertz CT molecular complexity index is 304. The van der Waals surface area contributed by atoms with E-state index in [1.807, 2.05) is 6.92 Å². The van der Waals surface area contributed by atoms with Gasteiger partial charge < -0.3 is 21.1 Å². The van der Waals surface area contributed by atoms with Crippen molar-refractivity contribution in [3.8, 4) is 0 Å². The quantitative estimate of drug-likeness (QED) is 0.506. The van der Waals surface area contributed by atoms with Crippen LogP contribution >= 0.6 is 0 Å². The van der Waals surface area contributed by atoms with E-state index in [0.29, 0.717) is 6.54 Å². The minimum atomic E-state index is -0.931. The fraction of sp³-hybridized carbons (Fsp3) is 0.857. The standard InChI is InChI=1S/C14H27N3O3/c1-2-15-9-6-10-16-14(20)17-12(13(18)19)11-7-4-3-5-8-11/h11-12,15H,2-10H2,1H3,(H,18,19)(H2,16,17,20). The van der Waals surface area contributed by atoms with Crippen LogP contribution in [0.4, 0.5) is 4.79 Å². The molecule has 1 aliphatic carbocycles. The molecule has 1 aliphatic rings. The minimum absolute atomic E-state index is 0.0637. The van der Waals surface area contributed by atoms with Crippen molar-refractivity contribution in [2.24, 2.45) is 5.92 Å². The number of amides is 2. The van der Waals surface area contributed by atoms with Crippen LogP contribution in [-0.4, -0.2) is 42.8 Å². The van der Waals surface area contributed by atoms with Gasteiger partial charge in [0.05, 0.1) is 0 Å². The van der Waals surface area contributed by atoms with Crippen LogP contribution in [0.1, 0.15) is 45.4 Å². The zero-order valence-electron chi connectivity index (χ0n) is 12.3. The molecule has 1 unspecified atom stereocenters. The lowest BCUT2D eigenvalue weighted by atomic mass is 9.84. The lowest BCUT2D eigenvalue weighted by molar-refractivity contribution is -0.141. The number of carboxylic acids is 1. The lowest BCUT2D eigenvalue weighted by Crippen LogP contribution is -2.50. The lowest BCUT2D eigenvalue weighted by Gasteiger charge is -2.28. The van der Waals surface area contributed by atoms with Crippen LogP contribution in [0.25, 0.3) is 0 Å². The molecule has 1 rings (SSSR count). The van der Waals surface area contributed by atoms with E-state index in [-0.39, 0.29) is 11.9 Å². The molecule has 20 heavy (non-hydrogen) atoms. The average Bonchev–Trinajstić information content (AvgIpc) is 2.45. The first kappa shape index (κ1) is 16.8. The van der Waals surface area contributed by atoms with Gasteiger partial charge in [-0.15, -0.1) is 0 Å². The van der Waals surface area contributed by atoms with E-state index in [1.165, 1.54) is 6.42 Å². The van der Waals surface area contributed by atoms with Crippen LogP contribution in [-0.2, 0) is 4.79 Å². The average molecular weight is 285 g/mol. The maximum absolute atomic E-state index is 11.7. The van der Waals surface area contributed by atoms with E-state index in [4.69, 9.17) is 0 Å². The van der Waals surface area contributed by atoms with Gasteiger partial charge in [-0.25, -0.2) is 9.59 Å². The summed E-state index contributed by atoms with van der Waals surface area (Å²) in [5.74, 6) is -0.867. The Morgan fingerprint density at radius 2 is 1.90 bits per heavy atom. The number of hydrogen-bond acceptors (Lipinski definition) is 3. The second-order valence-electron chi connectivity index (χ2n) is 5.32. The van der Waals surface area contributed by atoms with Gasteiger partial charge in [-0.3, -0.25) is 0 Å². The molecular formula is C14H27N3O3. The Labute approximate surface area is 120 Å². The van der Waals surface area contributed by atoms with E-state index >= 15 is 0 Å². The number of aliphatic carboxylic acids is 1. The highest BCUT2D eigenvalue weighted by Crippen LogP contribution is 2.26. The molecule has 116 valence electrons. The number of urea groups is 1. The van der Waals surface area contributed by atoms with Crippen LogP contribution in [0.2, 0.25) is 0 Å². The second-order valence-corrected chi connectivity index (χ2v) is 5.32. The van der Waals surface area contributed by atoms with E-state index in [9.17, 15) is 14.7 Å². The number of carbonyl (C=O) groups excluding carboxylic acids is 1. The predicted octanol–water partition coefficient (Wildman–Crippen LogP) is 1.32. The normalized spacial score (nSPS) is 17.4. The summed E-state index contributed by atoms with van der Waals surface area (Å²) in [6.07, 6.45) is 5.89. The Kier molecular flexibility index (Phi) is 8.02. The zero-order chi connectivity index (χ0) is 14.8. The van der Waals surface area contributed by atoms with Crippen LogP contribution in [0.15, 0.2) is 0 Å². The highest BCUT2D eigenvalue weighted by atomic mass is 16.4. The zero-order valence-corrected chi connectivity index (χ0v) is 12.3. The number of nitrogens with one attached hydrogen (secondary N) is 3. The number of hydrogen-bond donors (Lipinski definition) is 4. The molecule has 0 bridgehead atoms. The van der Waals surface area contributed by atoms with Crippen molar-refractivity contribution in [1.82, 2.24) is 16.0 Å². The Hall–Kier alpha value is -1.30. The summed E-state index contributed by atoms with van der Waals surface area (Å²) in [6, 6.07) is -1.14. The highest BCUT2D eigenvalue weighted by molar-refractivity contribution is 5.82. The topological polar surface area (TPSA) is 90.5 Å². The van der Waals surface area contributed by atoms with Crippen LogP contribution in [0.5, 0.6) is 0 Å². The van der Waals surface area contributed by atoms with E-state index < -0.39 is 12.0 Å². The fourth-order valence-corrected chi connectivity index (χ4v) is 2.63. The van der Waals surface area contributed by atoms with E-state index in [1.54, 1.807) is 0 Å². The summed E-state index contributed by atoms with van der Waals surface area (Å²) in [6.45, 7) is 4.34. The second kappa shape index (κ2) is 9.58. The minimum Gasteiger partial charge on any atom is -0.480 e. The van der Waals surface area contributed by atoms with E-state index in [2.05, 4.69) is 16.0 Å². The molecular weight excluding hydrogens is 258 g/mol. The van der Waals surface area contributed by atoms with Gasteiger partial charge in [0, 0.05) is 6.54 Å². The van der Waals surface area contributed by atoms with Crippen LogP contribution in [0.3, 0.4) is 0 Å². The number of carboxylic acid groups (broad SMARTS) is 1. The summed E-state index contributed by atoms with van der Waals surface area (Å²) in [5.41, 5.74) is 0. The third kappa shape index (κ3) is 6.23. The maximum Gasteiger partial charge on any atom is 0.326 e. The summed E-state index contributed by atoms with van der Waals surface area (Å²) in [5, 5.41) is 17.8. The third-order valence-electron chi connectivity index (χ3n) is 3.74. The molecule has 2 amide bonds. The van der Waals surface area contributed by atoms with E-state index in [0.717, 1.165) is 45.2 Å². The molecule has 0 aliphatic heterocycles. The molecule has 1 atom stereocenters. The van der Waals surface area contributed by atoms with Crippen molar-refractivity contribution in [1.29, 1.82) is 0 Å². The maximum atomic E-state index is 11.7. The Morgan fingerprint density at radius 1 is 1.20 bits per heavy atom. The molecule has 1 saturated carbocycles. The Balaban J connectivity index is 2.29. The van der Waals surface area contributed by atoms with Gasteiger partial charge in [0.25, 0.3) is 0 Å². The third-order valence-corrected chi connectivity index (χ3v) is 3.74. The number of rotatable bonds is 8. The van der Waals surface area contributed by atoms with Gasteiger partial charge in [-0.2, -0.15) is 0 Å². The largest absolute Gasteiger partial charge is 0.480 e. The summed E-state index contributed by atoms with van der Waals surface area (Å²) >= 11 is 0. The molecule has 0 aromatic carbocycles.